The Morgan fingerprint density at radius 3 is 2.62 bits per heavy atom. The van der Waals surface area contributed by atoms with Crippen molar-refractivity contribution in [2.24, 2.45) is 0 Å². The second-order valence-corrected chi connectivity index (χ2v) is 4.13. The number of hydrogen-bond acceptors (Lipinski definition) is 5. The Balaban J connectivity index is 2.18. The summed E-state index contributed by atoms with van der Waals surface area (Å²) in [6.07, 6.45) is -0.735. The van der Waals surface area contributed by atoms with Gasteiger partial charge in [0.05, 0.1) is 6.61 Å². The van der Waals surface area contributed by atoms with Crippen LogP contribution in [0.15, 0.2) is 34.9 Å². The van der Waals surface area contributed by atoms with Crippen molar-refractivity contribution in [3.8, 4) is 11.3 Å². The van der Waals surface area contributed by atoms with Gasteiger partial charge >= 0.3 is 6.09 Å². The highest BCUT2D eigenvalue weighted by atomic mass is 16.6. The van der Waals surface area contributed by atoms with Gasteiger partial charge in [-0.25, -0.2) is 10.2 Å². The summed E-state index contributed by atoms with van der Waals surface area (Å²) in [5.74, 6) is -0.169. The van der Waals surface area contributed by atoms with E-state index >= 15 is 0 Å². The van der Waals surface area contributed by atoms with Gasteiger partial charge in [0.2, 0.25) is 0 Å². The van der Waals surface area contributed by atoms with Crippen LogP contribution >= 0.6 is 0 Å². The average Bonchev–Trinajstić information content (AvgIpc) is 2.88. The number of rotatable bonds is 3. The number of ether oxygens (including phenoxy) is 1. The SMILES string of the molecule is CCOC(=O)NNC(=O)c1c(-c2ccccc2)noc1C. The summed E-state index contributed by atoms with van der Waals surface area (Å²) in [5, 5.41) is 3.89. The number of aryl methyl sites for hydroxylation is 1. The monoisotopic (exact) mass is 289 g/mol. The Morgan fingerprint density at radius 2 is 1.95 bits per heavy atom. The van der Waals surface area contributed by atoms with Crippen LogP contribution in [0.25, 0.3) is 11.3 Å². The van der Waals surface area contributed by atoms with E-state index in [2.05, 4.69) is 20.7 Å². The predicted molar refractivity (Wildman–Crippen MR) is 74.3 cm³/mol. The second kappa shape index (κ2) is 6.56. The van der Waals surface area contributed by atoms with Gasteiger partial charge in [0.15, 0.2) is 0 Å². The van der Waals surface area contributed by atoms with Crippen LogP contribution in [0.1, 0.15) is 23.0 Å². The fourth-order valence-electron chi connectivity index (χ4n) is 1.77. The molecule has 0 saturated carbocycles. The first-order chi connectivity index (χ1) is 10.1. The molecule has 0 unspecified atom stereocenters. The molecule has 0 fully saturated rings. The Kier molecular flexibility index (Phi) is 4.55. The van der Waals surface area contributed by atoms with Crippen molar-refractivity contribution in [1.82, 2.24) is 16.0 Å². The number of amides is 2. The molecule has 0 atom stereocenters. The highest BCUT2D eigenvalue weighted by Gasteiger charge is 2.21. The number of aromatic nitrogens is 1. The van der Waals surface area contributed by atoms with E-state index in [0.717, 1.165) is 5.56 Å². The zero-order valence-electron chi connectivity index (χ0n) is 11.7. The van der Waals surface area contributed by atoms with Gasteiger partial charge in [0.25, 0.3) is 5.91 Å². The third kappa shape index (κ3) is 3.38. The van der Waals surface area contributed by atoms with Gasteiger partial charge in [-0.05, 0) is 13.8 Å². The van der Waals surface area contributed by atoms with E-state index in [-0.39, 0.29) is 12.2 Å². The van der Waals surface area contributed by atoms with Crippen LogP contribution in [0.5, 0.6) is 0 Å². The molecule has 2 amide bonds. The summed E-state index contributed by atoms with van der Waals surface area (Å²) >= 11 is 0. The Morgan fingerprint density at radius 1 is 1.24 bits per heavy atom. The van der Waals surface area contributed by atoms with Crippen LogP contribution in [0.4, 0.5) is 4.79 Å². The molecule has 2 rings (SSSR count). The molecule has 0 aliphatic heterocycles. The van der Waals surface area contributed by atoms with E-state index in [1.807, 2.05) is 30.3 Å². The number of carbonyl (C=O) groups is 2. The number of carbonyl (C=O) groups excluding carboxylic acids is 2. The summed E-state index contributed by atoms with van der Waals surface area (Å²) in [6, 6.07) is 9.15. The summed E-state index contributed by atoms with van der Waals surface area (Å²) in [6.45, 7) is 3.50. The minimum absolute atomic E-state index is 0.212. The first kappa shape index (κ1) is 14.6. The molecule has 0 aliphatic carbocycles. The maximum absolute atomic E-state index is 12.1. The van der Waals surface area contributed by atoms with Gasteiger partial charge in [-0.2, -0.15) is 0 Å². The molecule has 110 valence electrons. The van der Waals surface area contributed by atoms with Gasteiger partial charge < -0.3 is 9.26 Å². The van der Waals surface area contributed by atoms with Gasteiger partial charge in [-0.3, -0.25) is 10.2 Å². The number of benzene rings is 1. The molecule has 2 N–H and O–H groups in total. The van der Waals surface area contributed by atoms with Crippen molar-refractivity contribution in [2.45, 2.75) is 13.8 Å². The van der Waals surface area contributed by atoms with Crippen molar-refractivity contribution in [3.63, 3.8) is 0 Å². The van der Waals surface area contributed by atoms with E-state index in [1.165, 1.54) is 0 Å². The van der Waals surface area contributed by atoms with Crippen LogP contribution < -0.4 is 10.9 Å². The lowest BCUT2D eigenvalue weighted by molar-refractivity contribution is 0.0911. The minimum atomic E-state index is -0.735. The standard InChI is InChI=1S/C14H15N3O4/c1-3-20-14(19)16-15-13(18)11-9(2)21-17-12(11)10-7-5-4-6-8-10/h4-8H,3H2,1-2H3,(H,15,18)(H,16,19). The van der Waals surface area contributed by atoms with Gasteiger partial charge in [0, 0.05) is 5.56 Å². The summed E-state index contributed by atoms with van der Waals surface area (Å²) in [5.41, 5.74) is 5.83. The van der Waals surface area contributed by atoms with Crippen LogP contribution in [-0.4, -0.2) is 23.8 Å². The Hall–Kier alpha value is -2.83. The van der Waals surface area contributed by atoms with Crippen LogP contribution in [0.3, 0.4) is 0 Å². The zero-order valence-corrected chi connectivity index (χ0v) is 11.7. The Bertz CT molecular complexity index is 637. The smallest absolute Gasteiger partial charge is 0.426 e. The fraction of sp³-hybridized carbons (Fsp3) is 0.214. The molecule has 0 bridgehead atoms. The number of nitrogens with zero attached hydrogens (tertiary/aromatic N) is 1. The number of hydrogen-bond donors (Lipinski definition) is 2. The maximum Gasteiger partial charge on any atom is 0.426 e. The maximum atomic E-state index is 12.1. The average molecular weight is 289 g/mol. The van der Waals surface area contributed by atoms with Crippen molar-refractivity contribution < 1.29 is 18.8 Å². The molecular weight excluding hydrogens is 274 g/mol. The lowest BCUT2D eigenvalue weighted by atomic mass is 10.1. The number of nitrogens with one attached hydrogen (secondary N) is 2. The fourth-order valence-corrected chi connectivity index (χ4v) is 1.77. The molecule has 7 nitrogen and oxygen atoms in total. The molecule has 0 aliphatic rings. The van der Waals surface area contributed by atoms with Crippen molar-refractivity contribution >= 4 is 12.0 Å². The molecule has 1 heterocycles. The van der Waals surface area contributed by atoms with Crippen LogP contribution in [-0.2, 0) is 4.74 Å². The van der Waals surface area contributed by atoms with Crippen molar-refractivity contribution in [2.75, 3.05) is 6.61 Å². The molecule has 7 heteroatoms. The highest BCUT2D eigenvalue weighted by Crippen LogP contribution is 2.24. The van der Waals surface area contributed by atoms with Gasteiger partial charge in [-0.1, -0.05) is 35.5 Å². The molecule has 0 saturated heterocycles. The summed E-state index contributed by atoms with van der Waals surface area (Å²) in [4.78, 5) is 23.3. The largest absolute Gasteiger partial charge is 0.449 e. The Labute approximate surface area is 121 Å². The van der Waals surface area contributed by atoms with E-state index in [9.17, 15) is 9.59 Å². The lowest BCUT2D eigenvalue weighted by Gasteiger charge is -2.07. The van der Waals surface area contributed by atoms with Gasteiger partial charge in [-0.15, -0.1) is 0 Å². The summed E-state index contributed by atoms with van der Waals surface area (Å²) in [7, 11) is 0. The molecule has 1 aromatic heterocycles. The molecule has 2 aromatic rings. The van der Waals surface area contributed by atoms with Crippen molar-refractivity contribution in [1.29, 1.82) is 0 Å². The second-order valence-electron chi connectivity index (χ2n) is 4.13. The van der Waals surface area contributed by atoms with E-state index in [4.69, 9.17) is 4.52 Å². The van der Waals surface area contributed by atoms with Crippen LogP contribution in [0, 0.1) is 6.92 Å². The molecule has 0 radical (unpaired) electrons. The predicted octanol–water partition coefficient (Wildman–Crippen LogP) is 2.04. The van der Waals surface area contributed by atoms with E-state index < -0.39 is 12.0 Å². The molecule has 21 heavy (non-hydrogen) atoms. The van der Waals surface area contributed by atoms with E-state index in [1.54, 1.807) is 13.8 Å². The molecular formula is C14H15N3O4. The topological polar surface area (TPSA) is 93.5 Å². The highest BCUT2D eigenvalue weighted by molar-refractivity contribution is 6.01. The minimum Gasteiger partial charge on any atom is -0.449 e. The van der Waals surface area contributed by atoms with E-state index in [0.29, 0.717) is 11.5 Å². The van der Waals surface area contributed by atoms with Gasteiger partial charge in [0.1, 0.15) is 17.0 Å². The molecule has 1 aromatic carbocycles. The van der Waals surface area contributed by atoms with Crippen molar-refractivity contribution in [3.05, 3.63) is 41.7 Å². The first-order valence-corrected chi connectivity index (χ1v) is 6.38. The lowest BCUT2D eigenvalue weighted by Crippen LogP contribution is -2.42. The third-order valence-electron chi connectivity index (χ3n) is 2.69. The first-order valence-electron chi connectivity index (χ1n) is 6.38. The zero-order chi connectivity index (χ0) is 15.2. The third-order valence-corrected chi connectivity index (χ3v) is 2.69. The molecule has 0 spiro atoms. The normalized spacial score (nSPS) is 10.0. The summed E-state index contributed by atoms with van der Waals surface area (Å²) < 4.78 is 9.72. The number of hydrazine groups is 1. The quantitative estimate of drug-likeness (QED) is 0.843. The van der Waals surface area contributed by atoms with Crippen LogP contribution in [0.2, 0.25) is 0 Å².